The lowest BCUT2D eigenvalue weighted by Gasteiger charge is -2.32. The standard InChI is InChI=1S/C24H29N5O3/c1-16-9-14-29(17(2)18-7-5-4-6-8-18)24(32)21(16)23(31)28-12-10-19(11-13-28)22-26-25-20(15-30)27(22)3/h4-9,14,17,19,30H,10-13,15H2,1-3H3. The second-order valence-electron chi connectivity index (χ2n) is 8.43. The number of hydrogen-bond donors (Lipinski definition) is 1. The van der Waals surface area contributed by atoms with Crippen LogP contribution < -0.4 is 5.56 Å². The molecule has 1 amide bonds. The molecule has 0 radical (unpaired) electrons. The number of hydrogen-bond acceptors (Lipinski definition) is 5. The first-order valence-corrected chi connectivity index (χ1v) is 11.0. The van der Waals surface area contributed by atoms with E-state index in [1.54, 1.807) is 15.7 Å². The summed E-state index contributed by atoms with van der Waals surface area (Å²) in [6.07, 6.45) is 3.25. The van der Waals surface area contributed by atoms with E-state index in [0.29, 0.717) is 24.5 Å². The molecule has 1 N–H and O–H groups in total. The number of carbonyl (C=O) groups excluding carboxylic acids is 1. The highest BCUT2D eigenvalue weighted by Crippen LogP contribution is 2.28. The molecule has 8 nitrogen and oxygen atoms in total. The zero-order valence-corrected chi connectivity index (χ0v) is 18.7. The number of nitrogens with zero attached hydrogens (tertiary/aromatic N) is 5. The molecular weight excluding hydrogens is 406 g/mol. The van der Waals surface area contributed by atoms with Gasteiger partial charge in [-0.25, -0.2) is 0 Å². The second kappa shape index (κ2) is 9.08. The van der Waals surface area contributed by atoms with Gasteiger partial charge in [-0.3, -0.25) is 9.59 Å². The van der Waals surface area contributed by atoms with Gasteiger partial charge in [0.25, 0.3) is 11.5 Å². The van der Waals surface area contributed by atoms with Crippen molar-refractivity contribution in [1.82, 2.24) is 24.2 Å². The first kappa shape index (κ1) is 22.0. The summed E-state index contributed by atoms with van der Waals surface area (Å²) in [5.74, 6) is 1.32. The Bertz CT molecular complexity index is 1160. The van der Waals surface area contributed by atoms with E-state index in [4.69, 9.17) is 0 Å². The molecule has 3 heterocycles. The third-order valence-electron chi connectivity index (χ3n) is 6.53. The predicted octanol–water partition coefficient (Wildman–Crippen LogP) is 2.41. The Morgan fingerprint density at radius 1 is 1.16 bits per heavy atom. The highest BCUT2D eigenvalue weighted by atomic mass is 16.3. The number of pyridine rings is 1. The van der Waals surface area contributed by atoms with Crippen molar-refractivity contribution in [3.8, 4) is 0 Å². The van der Waals surface area contributed by atoms with Crippen LogP contribution in [0.2, 0.25) is 0 Å². The van der Waals surface area contributed by atoms with E-state index < -0.39 is 0 Å². The molecule has 1 aliphatic heterocycles. The minimum Gasteiger partial charge on any atom is -0.388 e. The smallest absolute Gasteiger partial charge is 0.264 e. The largest absolute Gasteiger partial charge is 0.388 e. The van der Waals surface area contributed by atoms with Gasteiger partial charge in [-0.2, -0.15) is 0 Å². The maximum Gasteiger partial charge on any atom is 0.264 e. The number of rotatable bonds is 5. The summed E-state index contributed by atoms with van der Waals surface area (Å²) in [5.41, 5.74) is 1.70. The average Bonchev–Trinajstić information content (AvgIpc) is 3.19. The lowest BCUT2D eigenvalue weighted by molar-refractivity contribution is 0.0707. The summed E-state index contributed by atoms with van der Waals surface area (Å²) in [6, 6.07) is 11.5. The fourth-order valence-corrected chi connectivity index (χ4v) is 4.47. The lowest BCUT2D eigenvalue weighted by Crippen LogP contribution is -2.42. The monoisotopic (exact) mass is 435 g/mol. The van der Waals surface area contributed by atoms with Gasteiger partial charge in [0, 0.05) is 32.3 Å². The number of aryl methyl sites for hydroxylation is 1. The van der Waals surface area contributed by atoms with E-state index >= 15 is 0 Å². The maximum absolute atomic E-state index is 13.4. The summed E-state index contributed by atoms with van der Waals surface area (Å²) in [7, 11) is 1.85. The van der Waals surface area contributed by atoms with Crippen molar-refractivity contribution < 1.29 is 9.90 Å². The molecule has 168 valence electrons. The van der Waals surface area contributed by atoms with E-state index in [0.717, 1.165) is 24.2 Å². The Hall–Kier alpha value is -3.26. The van der Waals surface area contributed by atoms with Gasteiger partial charge in [0.15, 0.2) is 5.82 Å². The lowest BCUT2D eigenvalue weighted by atomic mass is 9.95. The molecule has 4 rings (SSSR count). The van der Waals surface area contributed by atoms with Gasteiger partial charge in [-0.15, -0.1) is 10.2 Å². The van der Waals surface area contributed by atoms with Gasteiger partial charge in [-0.1, -0.05) is 30.3 Å². The van der Waals surface area contributed by atoms with Crippen LogP contribution in [0.5, 0.6) is 0 Å². The quantitative estimate of drug-likeness (QED) is 0.664. The van der Waals surface area contributed by atoms with E-state index in [2.05, 4.69) is 10.2 Å². The Balaban J connectivity index is 1.54. The van der Waals surface area contributed by atoms with Crippen LogP contribution in [0.4, 0.5) is 0 Å². The van der Waals surface area contributed by atoms with Gasteiger partial charge in [0.05, 0.1) is 6.04 Å². The van der Waals surface area contributed by atoms with Crippen molar-refractivity contribution in [3.05, 3.63) is 81.3 Å². The molecule has 32 heavy (non-hydrogen) atoms. The van der Waals surface area contributed by atoms with Crippen LogP contribution in [0.3, 0.4) is 0 Å². The molecule has 1 aromatic carbocycles. The van der Waals surface area contributed by atoms with Crippen molar-refractivity contribution in [2.75, 3.05) is 13.1 Å². The van der Waals surface area contributed by atoms with Gasteiger partial charge in [0.2, 0.25) is 0 Å². The van der Waals surface area contributed by atoms with E-state index in [1.807, 2.05) is 61.9 Å². The van der Waals surface area contributed by atoms with Crippen molar-refractivity contribution in [1.29, 1.82) is 0 Å². The van der Waals surface area contributed by atoms with E-state index in [1.165, 1.54) is 0 Å². The predicted molar refractivity (Wildman–Crippen MR) is 120 cm³/mol. The number of aliphatic hydroxyl groups is 1. The van der Waals surface area contributed by atoms with Crippen molar-refractivity contribution in [2.45, 2.75) is 45.3 Å². The van der Waals surface area contributed by atoms with Crippen LogP contribution in [0, 0.1) is 6.92 Å². The molecule has 1 atom stereocenters. The number of likely N-dealkylation sites (tertiary alicyclic amines) is 1. The molecule has 1 unspecified atom stereocenters. The average molecular weight is 436 g/mol. The van der Waals surface area contributed by atoms with Gasteiger partial charge in [-0.05, 0) is 43.9 Å². The van der Waals surface area contributed by atoms with Crippen LogP contribution in [0.15, 0.2) is 47.4 Å². The zero-order valence-electron chi connectivity index (χ0n) is 18.7. The third-order valence-corrected chi connectivity index (χ3v) is 6.53. The molecule has 2 aromatic heterocycles. The molecule has 0 aliphatic carbocycles. The number of piperidine rings is 1. The molecule has 1 aliphatic rings. The molecule has 3 aromatic rings. The topological polar surface area (TPSA) is 93.2 Å². The van der Waals surface area contributed by atoms with E-state index in [9.17, 15) is 14.7 Å². The van der Waals surface area contributed by atoms with Crippen molar-refractivity contribution >= 4 is 5.91 Å². The summed E-state index contributed by atoms with van der Waals surface area (Å²) in [5, 5.41) is 17.6. The Morgan fingerprint density at radius 2 is 1.84 bits per heavy atom. The number of amides is 1. The minimum atomic E-state index is -0.255. The van der Waals surface area contributed by atoms with Crippen LogP contribution in [0.25, 0.3) is 0 Å². The van der Waals surface area contributed by atoms with Crippen LogP contribution in [0.1, 0.15) is 64.9 Å². The Morgan fingerprint density at radius 3 is 2.47 bits per heavy atom. The van der Waals surface area contributed by atoms with Crippen molar-refractivity contribution in [2.24, 2.45) is 7.05 Å². The molecule has 8 heteroatoms. The van der Waals surface area contributed by atoms with E-state index in [-0.39, 0.29) is 35.6 Å². The fourth-order valence-electron chi connectivity index (χ4n) is 4.47. The fraction of sp³-hybridized carbons (Fsp3) is 0.417. The summed E-state index contributed by atoms with van der Waals surface area (Å²) < 4.78 is 3.46. The summed E-state index contributed by atoms with van der Waals surface area (Å²) in [6.45, 7) is 4.73. The molecule has 0 saturated carbocycles. The van der Waals surface area contributed by atoms with Crippen LogP contribution >= 0.6 is 0 Å². The first-order valence-electron chi connectivity index (χ1n) is 11.0. The molecule has 0 bridgehead atoms. The number of aromatic nitrogens is 4. The molecule has 1 fully saturated rings. The van der Waals surface area contributed by atoms with Gasteiger partial charge in [0.1, 0.15) is 18.0 Å². The molecular formula is C24H29N5O3. The normalized spacial score (nSPS) is 15.7. The maximum atomic E-state index is 13.4. The van der Waals surface area contributed by atoms with Gasteiger partial charge < -0.3 is 19.1 Å². The van der Waals surface area contributed by atoms with Crippen LogP contribution in [-0.2, 0) is 13.7 Å². The Kier molecular flexibility index (Phi) is 6.23. The second-order valence-corrected chi connectivity index (χ2v) is 8.43. The number of benzene rings is 1. The number of aliphatic hydroxyl groups excluding tert-OH is 1. The van der Waals surface area contributed by atoms with Crippen LogP contribution in [-0.4, -0.2) is 48.3 Å². The number of carbonyl (C=O) groups is 1. The Labute approximate surface area is 187 Å². The highest BCUT2D eigenvalue weighted by molar-refractivity contribution is 5.95. The SMILES string of the molecule is Cc1ccn(C(C)c2ccccc2)c(=O)c1C(=O)N1CCC(c2nnc(CO)n2C)CC1. The van der Waals surface area contributed by atoms with Crippen molar-refractivity contribution in [3.63, 3.8) is 0 Å². The zero-order chi connectivity index (χ0) is 22.8. The summed E-state index contributed by atoms with van der Waals surface area (Å²) >= 11 is 0. The molecule has 0 spiro atoms. The van der Waals surface area contributed by atoms with Gasteiger partial charge >= 0.3 is 0 Å². The minimum absolute atomic E-state index is 0.151. The first-order chi connectivity index (χ1) is 15.4. The molecule has 1 saturated heterocycles. The third kappa shape index (κ3) is 3.98. The highest BCUT2D eigenvalue weighted by Gasteiger charge is 2.30. The summed E-state index contributed by atoms with van der Waals surface area (Å²) in [4.78, 5) is 28.4.